The Labute approximate surface area is 118 Å². The predicted octanol–water partition coefficient (Wildman–Crippen LogP) is 3.50. The van der Waals surface area contributed by atoms with Crippen LogP contribution >= 0.6 is 11.3 Å². The molecule has 0 spiro atoms. The Kier molecular flexibility index (Phi) is 3.71. The van der Waals surface area contributed by atoms with Crippen LogP contribution in [0.15, 0.2) is 18.2 Å². The van der Waals surface area contributed by atoms with Crippen molar-refractivity contribution in [1.82, 2.24) is 9.88 Å². The van der Waals surface area contributed by atoms with E-state index >= 15 is 0 Å². The molecule has 1 aromatic heterocycles. The Morgan fingerprint density at radius 2 is 2.16 bits per heavy atom. The van der Waals surface area contributed by atoms with Crippen molar-refractivity contribution < 1.29 is 0 Å². The number of nitrogens with zero attached hydrogens (tertiary/aromatic N) is 2. The molecule has 1 aromatic carbocycles. The maximum Gasteiger partial charge on any atom is 0.181 e. The zero-order chi connectivity index (χ0) is 13.2. The topological polar surface area (TPSA) is 42.2 Å². The SMILES string of the molecule is CCC1CCN(Cc2ccc3nc(N)sc3c2)CC1. The summed E-state index contributed by atoms with van der Waals surface area (Å²) in [5.74, 6) is 0.944. The van der Waals surface area contributed by atoms with Crippen LogP contribution < -0.4 is 5.73 Å². The van der Waals surface area contributed by atoms with Gasteiger partial charge in [0.05, 0.1) is 10.2 Å². The first-order valence-corrected chi connectivity index (χ1v) is 7.93. The normalized spacial score (nSPS) is 18.2. The highest BCUT2D eigenvalue weighted by Crippen LogP contribution is 2.26. The van der Waals surface area contributed by atoms with E-state index < -0.39 is 0 Å². The lowest BCUT2D eigenvalue weighted by atomic mass is 9.94. The van der Waals surface area contributed by atoms with Crippen LogP contribution in [-0.4, -0.2) is 23.0 Å². The number of nitrogens with two attached hydrogens (primary N) is 1. The molecule has 3 nitrogen and oxygen atoms in total. The summed E-state index contributed by atoms with van der Waals surface area (Å²) >= 11 is 1.58. The van der Waals surface area contributed by atoms with Gasteiger partial charge in [-0.25, -0.2) is 4.98 Å². The van der Waals surface area contributed by atoms with E-state index in [1.54, 1.807) is 11.3 Å². The van der Waals surface area contributed by atoms with Gasteiger partial charge in [0.25, 0.3) is 0 Å². The van der Waals surface area contributed by atoms with Gasteiger partial charge in [0.1, 0.15) is 0 Å². The molecule has 0 radical (unpaired) electrons. The summed E-state index contributed by atoms with van der Waals surface area (Å²) < 4.78 is 1.21. The lowest BCUT2D eigenvalue weighted by Crippen LogP contribution is -2.32. The zero-order valence-corrected chi connectivity index (χ0v) is 12.2. The van der Waals surface area contributed by atoms with E-state index in [-0.39, 0.29) is 0 Å². The van der Waals surface area contributed by atoms with Gasteiger partial charge in [0.15, 0.2) is 5.13 Å². The number of aromatic nitrogens is 1. The average molecular weight is 275 g/mol. The minimum absolute atomic E-state index is 0.663. The van der Waals surface area contributed by atoms with Gasteiger partial charge >= 0.3 is 0 Å². The fraction of sp³-hybridized carbons (Fsp3) is 0.533. The number of thiazole rings is 1. The van der Waals surface area contributed by atoms with E-state index in [9.17, 15) is 0 Å². The minimum Gasteiger partial charge on any atom is -0.375 e. The number of likely N-dealkylation sites (tertiary alicyclic amines) is 1. The van der Waals surface area contributed by atoms with Crippen LogP contribution in [0.2, 0.25) is 0 Å². The number of nitrogen functional groups attached to an aromatic ring is 1. The lowest BCUT2D eigenvalue weighted by molar-refractivity contribution is 0.175. The first-order valence-electron chi connectivity index (χ1n) is 7.12. The summed E-state index contributed by atoms with van der Waals surface area (Å²) in [6.45, 7) is 5.84. The fourth-order valence-electron chi connectivity index (χ4n) is 2.90. The molecule has 1 aliphatic rings. The third kappa shape index (κ3) is 2.90. The first kappa shape index (κ1) is 12.9. The summed E-state index contributed by atoms with van der Waals surface area (Å²) in [5, 5.41) is 0.663. The van der Waals surface area contributed by atoms with Gasteiger partial charge in [0, 0.05) is 6.54 Å². The first-order chi connectivity index (χ1) is 9.24. The predicted molar refractivity (Wildman–Crippen MR) is 82.3 cm³/mol. The van der Waals surface area contributed by atoms with Crippen molar-refractivity contribution in [3.63, 3.8) is 0 Å². The zero-order valence-electron chi connectivity index (χ0n) is 11.4. The number of hydrogen-bond acceptors (Lipinski definition) is 4. The number of anilines is 1. The molecule has 0 bridgehead atoms. The smallest absolute Gasteiger partial charge is 0.181 e. The monoisotopic (exact) mass is 275 g/mol. The van der Waals surface area contributed by atoms with Crippen molar-refractivity contribution in [2.75, 3.05) is 18.8 Å². The number of piperidine rings is 1. The summed E-state index contributed by atoms with van der Waals surface area (Å²) in [5.41, 5.74) is 8.16. The molecule has 2 aromatic rings. The van der Waals surface area contributed by atoms with Crippen molar-refractivity contribution in [1.29, 1.82) is 0 Å². The Bertz CT molecular complexity index is 556. The van der Waals surface area contributed by atoms with Gasteiger partial charge in [-0.1, -0.05) is 30.7 Å². The third-order valence-corrected chi connectivity index (χ3v) is 5.01. The van der Waals surface area contributed by atoms with Crippen molar-refractivity contribution >= 4 is 26.7 Å². The molecule has 2 heterocycles. The fourth-order valence-corrected chi connectivity index (χ4v) is 3.69. The van der Waals surface area contributed by atoms with E-state index in [2.05, 4.69) is 35.0 Å². The molecule has 102 valence electrons. The second-order valence-electron chi connectivity index (χ2n) is 5.48. The maximum absolute atomic E-state index is 5.75. The molecule has 4 heteroatoms. The van der Waals surface area contributed by atoms with Gasteiger partial charge in [-0.3, -0.25) is 4.90 Å². The minimum atomic E-state index is 0.663. The van der Waals surface area contributed by atoms with Crippen LogP contribution in [0, 0.1) is 5.92 Å². The van der Waals surface area contributed by atoms with Crippen molar-refractivity contribution in [3.8, 4) is 0 Å². The van der Waals surface area contributed by atoms with Crippen LogP contribution in [0.4, 0.5) is 5.13 Å². The van der Waals surface area contributed by atoms with Crippen molar-refractivity contribution in [3.05, 3.63) is 23.8 Å². The van der Waals surface area contributed by atoms with E-state index in [0.717, 1.165) is 18.0 Å². The van der Waals surface area contributed by atoms with Gasteiger partial charge in [-0.15, -0.1) is 0 Å². The van der Waals surface area contributed by atoms with Crippen molar-refractivity contribution in [2.24, 2.45) is 5.92 Å². The summed E-state index contributed by atoms with van der Waals surface area (Å²) in [6, 6.07) is 6.53. The Morgan fingerprint density at radius 1 is 1.37 bits per heavy atom. The van der Waals surface area contributed by atoms with Crippen molar-refractivity contribution in [2.45, 2.75) is 32.7 Å². The maximum atomic E-state index is 5.75. The molecular formula is C15H21N3S. The molecule has 3 rings (SSSR count). The van der Waals surface area contributed by atoms with Gasteiger partial charge in [-0.2, -0.15) is 0 Å². The highest BCUT2D eigenvalue weighted by atomic mass is 32.1. The van der Waals surface area contributed by atoms with Crippen LogP contribution in [0.1, 0.15) is 31.7 Å². The summed E-state index contributed by atoms with van der Waals surface area (Å²) in [6.07, 6.45) is 4.04. The van der Waals surface area contributed by atoms with E-state index in [0.29, 0.717) is 5.13 Å². The van der Waals surface area contributed by atoms with E-state index in [1.807, 2.05) is 0 Å². The van der Waals surface area contributed by atoms with Gasteiger partial charge < -0.3 is 5.73 Å². The largest absolute Gasteiger partial charge is 0.375 e. The lowest BCUT2D eigenvalue weighted by Gasteiger charge is -2.31. The van der Waals surface area contributed by atoms with Crippen LogP contribution in [0.3, 0.4) is 0 Å². The Balaban J connectivity index is 1.68. The Morgan fingerprint density at radius 3 is 2.89 bits per heavy atom. The molecule has 0 unspecified atom stereocenters. The molecule has 1 fully saturated rings. The second-order valence-corrected chi connectivity index (χ2v) is 6.54. The Hall–Kier alpha value is -1.13. The van der Waals surface area contributed by atoms with E-state index in [1.165, 1.54) is 42.6 Å². The third-order valence-electron chi connectivity index (χ3n) is 4.16. The number of rotatable bonds is 3. The van der Waals surface area contributed by atoms with E-state index in [4.69, 9.17) is 5.73 Å². The summed E-state index contributed by atoms with van der Waals surface area (Å²) in [7, 11) is 0. The molecule has 19 heavy (non-hydrogen) atoms. The average Bonchev–Trinajstić information content (AvgIpc) is 2.79. The van der Waals surface area contributed by atoms with Crippen LogP contribution in [0.5, 0.6) is 0 Å². The number of fused-ring (bicyclic) bond motifs is 1. The molecule has 1 aliphatic heterocycles. The summed E-state index contributed by atoms with van der Waals surface area (Å²) in [4.78, 5) is 6.87. The molecular weight excluding hydrogens is 254 g/mol. The highest BCUT2D eigenvalue weighted by molar-refractivity contribution is 7.22. The quantitative estimate of drug-likeness (QED) is 0.932. The van der Waals surface area contributed by atoms with Gasteiger partial charge in [0.2, 0.25) is 0 Å². The molecule has 0 atom stereocenters. The molecule has 0 amide bonds. The molecule has 0 aliphatic carbocycles. The molecule has 0 saturated carbocycles. The second kappa shape index (κ2) is 5.47. The number of hydrogen-bond donors (Lipinski definition) is 1. The standard InChI is InChI=1S/C15H21N3S/c1-2-11-5-7-18(8-6-11)10-12-3-4-13-14(9-12)19-15(16)17-13/h3-4,9,11H,2,5-8,10H2,1H3,(H2,16,17). The number of benzene rings is 1. The van der Waals surface area contributed by atoms with Crippen LogP contribution in [-0.2, 0) is 6.54 Å². The highest BCUT2D eigenvalue weighted by Gasteiger charge is 2.17. The molecule has 1 saturated heterocycles. The molecule has 2 N–H and O–H groups in total. The van der Waals surface area contributed by atoms with Crippen LogP contribution in [0.25, 0.3) is 10.2 Å². The van der Waals surface area contributed by atoms with Gasteiger partial charge in [-0.05, 0) is 49.5 Å².